The highest BCUT2D eigenvalue weighted by atomic mass is 32.7. The summed E-state index contributed by atoms with van der Waals surface area (Å²) in [6.45, 7) is -4.02. The summed E-state index contributed by atoms with van der Waals surface area (Å²) in [7, 11) is 2.63. The molecule has 10 heteroatoms. The molecule has 0 radical (unpaired) electrons. The van der Waals surface area contributed by atoms with Gasteiger partial charge >= 0.3 is 24.8 Å². The monoisotopic (exact) mass is 253 g/mol. The summed E-state index contributed by atoms with van der Waals surface area (Å²) < 4.78 is 24.6. The fourth-order valence-corrected chi connectivity index (χ4v) is 1.16. The first-order valence-corrected chi connectivity index (χ1v) is 6.27. The van der Waals surface area contributed by atoms with Gasteiger partial charge in [0.2, 0.25) is 0 Å². The summed E-state index contributed by atoms with van der Waals surface area (Å²) in [6.07, 6.45) is 0. The van der Waals surface area contributed by atoms with Crippen LogP contribution < -0.4 is 14.0 Å². The van der Waals surface area contributed by atoms with Crippen LogP contribution in [0.2, 0.25) is 0 Å². The standard InChI is InChI=1S/C5H8N3O5PS/c1-11-3-6-4(12-2)8-5(7-3)13-14(9,10)15/h1-2H3,(H2,9,10,15). The summed E-state index contributed by atoms with van der Waals surface area (Å²) in [5.41, 5.74) is 0. The normalized spacial score (nSPS) is 14.1. The summed E-state index contributed by atoms with van der Waals surface area (Å²) in [5.74, 6) is 0. The highest BCUT2D eigenvalue weighted by Crippen LogP contribution is 2.46. The van der Waals surface area contributed by atoms with E-state index < -0.39 is 12.8 Å². The summed E-state index contributed by atoms with van der Waals surface area (Å²) in [4.78, 5) is 19.6. The van der Waals surface area contributed by atoms with Crippen molar-refractivity contribution in [1.82, 2.24) is 15.0 Å². The number of hydrogen-bond donors (Lipinski definition) is 2. The minimum atomic E-state index is -4.02. The van der Waals surface area contributed by atoms with Crippen molar-refractivity contribution in [3.63, 3.8) is 0 Å². The van der Waals surface area contributed by atoms with Gasteiger partial charge in [0.15, 0.2) is 0 Å². The van der Waals surface area contributed by atoms with Crippen LogP contribution in [0.15, 0.2) is 0 Å². The predicted octanol–water partition coefficient (Wildman–Crippen LogP) is 0.298. The molecule has 0 saturated heterocycles. The van der Waals surface area contributed by atoms with Crippen molar-refractivity contribution in [2.24, 2.45) is 0 Å². The van der Waals surface area contributed by atoms with Gasteiger partial charge in [-0.15, -0.1) is 15.0 Å². The van der Waals surface area contributed by atoms with Gasteiger partial charge in [0.25, 0.3) is 0 Å². The second kappa shape index (κ2) is 4.65. The van der Waals surface area contributed by atoms with Crippen molar-refractivity contribution in [2.75, 3.05) is 14.2 Å². The molecule has 1 aromatic rings. The van der Waals surface area contributed by atoms with Crippen molar-refractivity contribution in [2.45, 2.75) is 0 Å². The number of nitrogens with zero attached hydrogens (tertiary/aromatic N) is 3. The van der Waals surface area contributed by atoms with Gasteiger partial charge in [-0.1, -0.05) is 0 Å². The molecule has 1 unspecified atom stereocenters. The maximum absolute atomic E-state index is 10.8. The summed E-state index contributed by atoms with van der Waals surface area (Å²) >= 11 is 3.30. The van der Waals surface area contributed by atoms with E-state index in [1.165, 1.54) is 14.2 Å². The Kier molecular flexibility index (Phi) is 3.72. The van der Waals surface area contributed by atoms with E-state index in [1.807, 2.05) is 0 Å². The van der Waals surface area contributed by atoms with Crippen LogP contribution in [0.25, 0.3) is 0 Å². The molecule has 0 spiro atoms. The molecule has 0 saturated carbocycles. The lowest BCUT2D eigenvalue weighted by Crippen LogP contribution is -2.01. The summed E-state index contributed by atoms with van der Waals surface area (Å²) in [6, 6.07) is -0.600. The molecular formula is C5H8N3O5PS. The molecule has 1 N–H and O–H groups in total. The minimum absolute atomic E-state index is 0.0985. The maximum Gasteiger partial charge on any atom is 0.436 e. The number of ether oxygens (including phenoxy) is 2. The van der Waals surface area contributed by atoms with Gasteiger partial charge in [0.1, 0.15) is 0 Å². The lowest BCUT2D eigenvalue weighted by Gasteiger charge is -2.07. The molecule has 0 amide bonds. The maximum atomic E-state index is 10.8. The Balaban J connectivity index is 3.02. The molecule has 1 aromatic heterocycles. The zero-order valence-electron chi connectivity index (χ0n) is 7.82. The smallest absolute Gasteiger partial charge is 0.436 e. The lowest BCUT2D eigenvalue weighted by atomic mass is 10.9. The van der Waals surface area contributed by atoms with E-state index in [2.05, 4.69) is 31.7 Å². The molecule has 84 valence electrons. The average Bonchev–Trinajstić information content (AvgIpc) is 2.14. The third-order valence-electron chi connectivity index (χ3n) is 1.14. The van der Waals surface area contributed by atoms with Gasteiger partial charge < -0.3 is 18.9 Å². The lowest BCUT2D eigenvalue weighted by molar-refractivity contribution is 0.321. The molecule has 15 heavy (non-hydrogen) atoms. The van der Waals surface area contributed by atoms with Crippen LogP contribution in [0, 0.1) is 0 Å². The van der Waals surface area contributed by atoms with Crippen LogP contribution in [0.1, 0.15) is 0 Å². The Morgan fingerprint density at radius 3 is 1.87 bits per heavy atom. The summed E-state index contributed by atoms with van der Waals surface area (Å²) in [5, 5.41) is 0. The van der Waals surface area contributed by atoms with Crippen LogP contribution >= 0.6 is 19.0 Å². The van der Waals surface area contributed by atoms with E-state index in [4.69, 9.17) is 14.4 Å². The number of methoxy groups -OCH3 is 2. The van der Waals surface area contributed by atoms with Gasteiger partial charge in [-0.2, -0.15) is 0 Å². The zero-order chi connectivity index (χ0) is 11.5. The minimum Gasteiger partial charge on any atom is -0.467 e. The second-order valence-corrected chi connectivity index (χ2v) is 4.85. The topological polar surface area (TPSA) is 104 Å². The number of rotatable bonds is 4. The Morgan fingerprint density at radius 2 is 1.53 bits per heavy atom. The number of hydrogen-bond acceptors (Lipinski definition) is 7. The van der Waals surface area contributed by atoms with E-state index in [0.717, 1.165) is 0 Å². The fraction of sp³-hybridized carbons (Fsp3) is 0.400. The van der Waals surface area contributed by atoms with Crippen LogP contribution in [0.5, 0.6) is 18.0 Å². The Hall–Kier alpha value is -1.05. The molecule has 1 heterocycles. The van der Waals surface area contributed by atoms with Crippen LogP contribution in [-0.4, -0.2) is 34.1 Å². The van der Waals surface area contributed by atoms with E-state index in [9.17, 15) is 4.57 Å². The molecule has 1 rings (SSSR count). The second-order valence-electron chi connectivity index (χ2n) is 2.17. The van der Waals surface area contributed by atoms with Crippen LogP contribution in [0.3, 0.4) is 0 Å². The van der Waals surface area contributed by atoms with E-state index in [1.54, 1.807) is 0 Å². The van der Waals surface area contributed by atoms with E-state index >= 15 is 0 Å². The fourth-order valence-electron chi connectivity index (χ4n) is 0.650. The highest BCUT2D eigenvalue weighted by molar-refractivity contribution is 8.44. The molecule has 0 aliphatic carbocycles. The quantitative estimate of drug-likeness (QED) is 0.583. The third kappa shape index (κ3) is 3.90. The molecule has 0 aliphatic heterocycles. The van der Waals surface area contributed by atoms with Crippen LogP contribution in [-0.2, 0) is 4.57 Å². The Morgan fingerprint density at radius 1 is 1.13 bits per heavy atom. The van der Waals surface area contributed by atoms with Crippen molar-refractivity contribution in [3.8, 4) is 18.0 Å². The van der Waals surface area contributed by atoms with Gasteiger partial charge in [0, 0.05) is 0 Å². The Labute approximate surface area is 90.3 Å². The van der Waals surface area contributed by atoms with E-state index in [-0.39, 0.29) is 12.0 Å². The molecular weight excluding hydrogens is 245 g/mol. The largest absolute Gasteiger partial charge is 0.467 e. The average molecular weight is 253 g/mol. The molecule has 0 aromatic carbocycles. The molecule has 0 bridgehead atoms. The third-order valence-corrected chi connectivity index (χ3v) is 1.79. The number of aromatic nitrogens is 3. The van der Waals surface area contributed by atoms with Gasteiger partial charge in [-0.3, -0.25) is 0 Å². The highest BCUT2D eigenvalue weighted by Gasteiger charge is 2.18. The van der Waals surface area contributed by atoms with Crippen molar-refractivity contribution < 1.29 is 23.5 Å². The van der Waals surface area contributed by atoms with Gasteiger partial charge in [0.05, 0.1) is 14.2 Å². The van der Waals surface area contributed by atoms with Crippen molar-refractivity contribution in [1.29, 1.82) is 0 Å². The molecule has 0 aliphatic rings. The predicted molar refractivity (Wildman–Crippen MR) is 52.4 cm³/mol. The molecule has 8 nitrogen and oxygen atoms in total. The first-order valence-electron chi connectivity index (χ1n) is 3.54. The first-order chi connectivity index (χ1) is 6.94. The van der Waals surface area contributed by atoms with Gasteiger partial charge in [-0.25, -0.2) is 4.57 Å². The zero-order valence-corrected chi connectivity index (χ0v) is 9.61. The van der Waals surface area contributed by atoms with Gasteiger partial charge in [-0.05, 0) is 12.2 Å². The van der Waals surface area contributed by atoms with E-state index in [0.29, 0.717) is 0 Å². The van der Waals surface area contributed by atoms with Crippen molar-refractivity contribution >= 4 is 19.0 Å². The number of thiol groups is 1. The van der Waals surface area contributed by atoms with Crippen molar-refractivity contribution in [3.05, 3.63) is 0 Å². The molecule has 1 atom stereocenters. The molecule has 0 fully saturated rings. The van der Waals surface area contributed by atoms with Crippen LogP contribution in [0.4, 0.5) is 0 Å². The first kappa shape index (κ1) is 12.0. The SMILES string of the molecule is COc1nc(OC)nc(OP(=O)(O)S)n1. The Bertz CT molecular complexity index is 374.